The summed E-state index contributed by atoms with van der Waals surface area (Å²) in [5.74, 6) is -0.225. The van der Waals surface area contributed by atoms with Crippen molar-refractivity contribution in [3.63, 3.8) is 0 Å². The van der Waals surface area contributed by atoms with Gasteiger partial charge in [-0.1, -0.05) is 30.3 Å². The average molecular weight is 388 g/mol. The van der Waals surface area contributed by atoms with E-state index in [1.807, 2.05) is 30.3 Å². The monoisotopic (exact) mass is 388 g/mol. The van der Waals surface area contributed by atoms with Crippen molar-refractivity contribution in [3.05, 3.63) is 65.7 Å². The average Bonchev–Trinajstić information content (AvgIpc) is 2.68. The number of sulfone groups is 1. The van der Waals surface area contributed by atoms with Crippen LogP contribution in [-0.4, -0.2) is 58.3 Å². The normalized spacial score (nSPS) is 16.6. The van der Waals surface area contributed by atoms with Gasteiger partial charge in [-0.25, -0.2) is 8.42 Å². The fraction of sp³-hybridized carbons (Fsp3) is 0.350. The molecule has 1 heterocycles. The molecule has 2 aromatic rings. The van der Waals surface area contributed by atoms with E-state index in [2.05, 4.69) is 10.2 Å². The fourth-order valence-electron chi connectivity index (χ4n) is 3.06. The van der Waals surface area contributed by atoms with Gasteiger partial charge in [0.2, 0.25) is 0 Å². The molecule has 7 heteroatoms. The zero-order chi connectivity index (χ0) is 19.3. The van der Waals surface area contributed by atoms with E-state index in [9.17, 15) is 13.2 Å². The number of nitrogens with one attached hydrogen (secondary N) is 1. The highest BCUT2D eigenvalue weighted by Crippen LogP contribution is 2.17. The highest BCUT2D eigenvalue weighted by atomic mass is 32.2. The Morgan fingerprint density at radius 1 is 1.07 bits per heavy atom. The van der Waals surface area contributed by atoms with Crippen LogP contribution in [-0.2, 0) is 14.6 Å². The smallest absolute Gasteiger partial charge is 0.251 e. The molecule has 0 radical (unpaired) electrons. The van der Waals surface area contributed by atoms with Gasteiger partial charge < -0.3 is 10.1 Å². The highest BCUT2D eigenvalue weighted by Gasteiger charge is 2.21. The number of nitrogens with zero attached hydrogens (tertiary/aromatic N) is 1. The van der Waals surface area contributed by atoms with Crippen LogP contribution in [0.3, 0.4) is 0 Å². The van der Waals surface area contributed by atoms with Gasteiger partial charge in [-0.2, -0.15) is 0 Å². The first kappa shape index (κ1) is 19.5. The third-order valence-electron chi connectivity index (χ3n) is 4.60. The lowest BCUT2D eigenvalue weighted by Crippen LogP contribution is -2.43. The van der Waals surface area contributed by atoms with Crippen LogP contribution in [0.1, 0.15) is 22.0 Å². The van der Waals surface area contributed by atoms with Gasteiger partial charge in [0.05, 0.1) is 24.2 Å². The van der Waals surface area contributed by atoms with Gasteiger partial charge in [-0.15, -0.1) is 0 Å². The summed E-state index contributed by atoms with van der Waals surface area (Å²) in [6, 6.07) is 15.7. The van der Waals surface area contributed by atoms with Crippen molar-refractivity contribution in [3.8, 4) is 0 Å². The van der Waals surface area contributed by atoms with Gasteiger partial charge >= 0.3 is 0 Å². The lowest BCUT2D eigenvalue weighted by atomic mass is 10.1. The molecule has 0 bridgehead atoms. The minimum atomic E-state index is -3.28. The Bertz CT molecular complexity index is 861. The summed E-state index contributed by atoms with van der Waals surface area (Å²) >= 11 is 0. The van der Waals surface area contributed by atoms with E-state index in [0.717, 1.165) is 24.9 Å². The molecule has 1 aliphatic heterocycles. The molecule has 0 unspecified atom stereocenters. The summed E-state index contributed by atoms with van der Waals surface area (Å²) in [5, 5.41) is 3.08. The largest absolute Gasteiger partial charge is 0.379 e. The zero-order valence-corrected chi connectivity index (χ0v) is 16.1. The number of rotatable bonds is 6. The van der Waals surface area contributed by atoms with Crippen molar-refractivity contribution >= 4 is 15.7 Å². The molecule has 144 valence electrons. The Balaban J connectivity index is 1.75. The van der Waals surface area contributed by atoms with E-state index in [0.29, 0.717) is 25.3 Å². The predicted octanol–water partition coefficient (Wildman–Crippen LogP) is 1.89. The van der Waals surface area contributed by atoms with Gasteiger partial charge in [0, 0.05) is 31.5 Å². The van der Waals surface area contributed by atoms with Gasteiger partial charge in [-0.3, -0.25) is 9.69 Å². The molecule has 1 atom stereocenters. The molecule has 1 aliphatic rings. The molecule has 1 fully saturated rings. The Labute approximate surface area is 160 Å². The summed E-state index contributed by atoms with van der Waals surface area (Å²) in [4.78, 5) is 15.2. The maximum absolute atomic E-state index is 12.7. The summed E-state index contributed by atoms with van der Waals surface area (Å²) in [6.07, 6.45) is 1.15. The van der Waals surface area contributed by atoms with E-state index in [-0.39, 0.29) is 16.8 Å². The Kier molecular flexibility index (Phi) is 6.26. The molecule has 6 nitrogen and oxygen atoms in total. The zero-order valence-electron chi connectivity index (χ0n) is 15.3. The third kappa shape index (κ3) is 5.38. The SMILES string of the molecule is CS(=O)(=O)c1ccc(C(=O)N[C@@H](CN2CCOCC2)c2ccccc2)cc1. The number of benzene rings is 2. The molecule has 1 amide bonds. The van der Waals surface area contributed by atoms with E-state index in [1.165, 1.54) is 12.1 Å². The Morgan fingerprint density at radius 2 is 1.70 bits per heavy atom. The second-order valence-electron chi connectivity index (χ2n) is 6.65. The maximum atomic E-state index is 12.7. The van der Waals surface area contributed by atoms with Crippen molar-refractivity contribution in [2.45, 2.75) is 10.9 Å². The van der Waals surface area contributed by atoms with Crippen molar-refractivity contribution in [2.75, 3.05) is 39.1 Å². The van der Waals surface area contributed by atoms with Gasteiger partial charge in [0.25, 0.3) is 5.91 Å². The molecular weight excluding hydrogens is 364 g/mol. The molecule has 2 aromatic carbocycles. The van der Waals surface area contributed by atoms with Crippen LogP contribution < -0.4 is 5.32 Å². The summed E-state index contributed by atoms with van der Waals surface area (Å²) in [5.41, 5.74) is 1.47. The van der Waals surface area contributed by atoms with E-state index in [4.69, 9.17) is 4.74 Å². The van der Waals surface area contributed by atoms with E-state index >= 15 is 0 Å². The molecule has 0 saturated carbocycles. The van der Waals surface area contributed by atoms with Crippen LogP contribution >= 0.6 is 0 Å². The van der Waals surface area contributed by atoms with Gasteiger partial charge in [0.15, 0.2) is 9.84 Å². The predicted molar refractivity (Wildman–Crippen MR) is 103 cm³/mol. The number of hydrogen-bond donors (Lipinski definition) is 1. The molecule has 0 spiro atoms. The lowest BCUT2D eigenvalue weighted by Gasteiger charge is -2.31. The highest BCUT2D eigenvalue weighted by molar-refractivity contribution is 7.90. The number of amides is 1. The maximum Gasteiger partial charge on any atom is 0.251 e. The van der Waals surface area contributed by atoms with Crippen molar-refractivity contribution in [1.29, 1.82) is 0 Å². The summed E-state index contributed by atoms with van der Waals surface area (Å²) in [7, 11) is -3.28. The van der Waals surface area contributed by atoms with Crippen molar-refractivity contribution in [2.24, 2.45) is 0 Å². The molecule has 1 saturated heterocycles. The first-order valence-corrected chi connectivity index (χ1v) is 10.8. The minimum absolute atomic E-state index is 0.161. The quantitative estimate of drug-likeness (QED) is 0.818. The van der Waals surface area contributed by atoms with E-state index in [1.54, 1.807) is 12.1 Å². The van der Waals surface area contributed by atoms with Crippen molar-refractivity contribution in [1.82, 2.24) is 10.2 Å². The van der Waals surface area contributed by atoms with Crippen LogP contribution in [0.25, 0.3) is 0 Å². The lowest BCUT2D eigenvalue weighted by molar-refractivity contribution is 0.0332. The van der Waals surface area contributed by atoms with Crippen LogP contribution in [0.4, 0.5) is 0 Å². The topological polar surface area (TPSA) is 75.7 Å². The molecule has 3 rings (SSSR count). The summed E-state index contributed by atoms with van der Waals surface area (Å²) in [6.45, 7) is 3.76. The van der Waals surface area contributed by atoms with E-state index < -0.39 is 9.84 Å². The first-order valence-electron chi connectivity index (χ1n) is 8.89. The van der Waals surface area contributed by atoms with Crippen LogP contribution in [0.15, 0.2) is 59.5 Å². The number of hydrogen-bond acceptors (Lipinski definition) is 5. The molecule has 27 heavy (non-hydrogen) atoms. The fourth-order valence-corrected chi connectivity index (χ4v) is 3.69. The molecule has 0 aromatic heterocycles. The second-order valence-corrected chi connectivity index (χ2v) is 8.66. The number of carbonyl (C=O) groups is 1. The van der Waals surface area contributed by atoms with Crippen LogP contribution in [0.2, 0.25) is 0 Å². The first-order chi connectivity index (χ1) is 12.9. The van der Waals surface area contributed by atoms with Crippen LogP contribution in [0, 0.1) is 0 Å². The van der Waals surface area contributed by atoms with Crippen molar-refractivity contribution < 1.29 is 17.9 Å². The molecule has 0 aliphatic carbocycles. The number of ether oxygens (including phenoxy) is 1. The summed E-state index contributed by atoms with van der Waals surface area (Å²) < 4.78 is 28.6. The number of morpholine rings is 1. The standard InChI is InChI=1S/C20H24N2O4S/c1-27(24,25)18-9-7-17(8-10-18)20(23)21-19(16-5-3-2-4-6-16)15-22-11-13-26-14-12-22/h2-10,19H,11-15H2,1H3,(H,21,23)/t19-/m0/s1. The Morgan fingerprint density at radius 3 is 2.30 bits per heavy atom. The third-order valence-corrected chi connectivity index (χ3v) is 5.72. The minimum Gasteiger partial charge on any atom is -0.379 e. The second kappa shape index (κ2) is 8.65. The van der Waals surface area contributed by atoms with Crippen LogP contribution in [0.5, 0.6) is 0 Å². The van der Waals surface area contributed by atoms with Gasteiger partial charge in [-0.05, 0) is 29.8 Å². The molecular formula is C20H24N2O4S. The Hall–Kier alpha value is -2.22. The number of carbonyl (C=O) groups excluding carboxylic acids is 1. The molecule has 1 N–H and O–H groups in total. The van der Waals surface area contributed by atoms with Gasteiger partial charge in [0.1, 0.15) is 0 Å².